The first-order valence-electron chi connectivity index (χ1n) is 6.30. The summed E-state index contributed by atoms with van der Waals surface area (Å²) >= 11 is 0. The number of benzene rings is 1. The predicted molar refractivity (Wildman–Crippen MR) is 73.5 cm³/mol. The van der Waals surface area contributed by atoms with E-state index in [0.29, 0.717) is 13.0 Å². The lowest BCUT2D eigenvalue weighted by Crippen LogP contribution is -2.18. The summed E-state index contributed by atoms with van der Waals surface area (Å²) < 4.78 is 4.58. The van der Waals surface area contributed by atoms with Crippen LogP contribution < -0.4 is 5.32 Å². The second kappa shape index (κ2) is 6.55. The maximum absolute atomic E-state index is 10.9. The van der Waals surface area contributed by atoms with Crippen LogP contribution in [-0.4, -0.2) is 19.6 Å². The monoisotopic (exact) mass is 249 g/mol. The molecule has 100 valence electrons. The Labute approximate surface area is 110 Å². The summed E-state index contributed by atoms with van der Waals surface area (Å²) in [4.78, 5) is 10.9. The third kappa shape index (κ3) is 4.88. The molecule has 0 saturated carbocycles. The fraction of sp³-hybridized carbons (Fsp3) is 0.533. The minimum absolute atomic E-state index is 0.175. The van der Waals surface area contributed by atoms with Crippen LogP contribution in [0.4, 0.5) is 0 Å². The molecule has 0 saturated heterocycles. The molecule has 0 atom stereocenters. The lowest BCUT2D eigenvalue weighted by Gasteiger charge is -2.19. The second-order valence-corrected chi connectivity index (χ2v) is 5.45. The van der Waals surface area contributed by atoms with Gasteiger partial charge in [0.1, 0.15) is 0 Å². The van der Waals surface area contributed by atoms with Crippen molar-refractivity contribution in [3.05, 3.63) is 35.4 Å². The smallest absolute Gasteiger partial charge is 0.306 e. The molecule has 0 amide bonds. The van der Waals surface area contributed by atoms with Gasteiger partial charge >= 0.3 is 5.97 Å². The molecule has 1 aromatic carbocycles. The van der Waals surface area contributed by atoms with Crippen LogP contribution >= 0.6 is 0 Å². The maximum atomic E-state index is 10.9. The van der Waals surface area contributed by atoms with Crippen LogP contribution in [0.25, 0.3) is 0 Å². The normalized spacial score (nSPS) is 11.3. The summed E-state index contributed by atoms with van der Waals surface area (Å²) in [6.45, 7) is 8.04. The fourth-order valence-electron chi connectivity index (χ4n) is 1.65. The average molecular weight is 249 g/mol. The van der Waals surface area contributed by atoms with Crippen molar-refractivity contribution in [2.45, 2.75) is 39.2 Å². The molecule has 1 rings (SSSR count). The first kappa shape index (κ1) is 14.7. The summed E-state index contributed by atoms with van der Waals surface area (Å²) in [5, 5.41) is 3.22. The Hall–Kier alpha value is -1.35. The summed E-state index contributed by atoms with van der Waals surface area (Å²) in [5.41, 5.74) is 2.75. The van der Waals surface area contributed by atoms with Crippen molar-refractivity contribution in [2.75, 3.05) is 13.7 Å². The van der Waals surface area contributed by atoms with Crippen molar-refractivity contribution in [3.63, 3.8) is 0 Å². The molecule has 3 nitrogen and oxygen atoms in total. The van der Waals surface area contributed by atoms with E-state index >= 15 is 0 Å². The maximum Gasteiger partial charge on any atom is 0.306 e. The molecule has 3 heteroatoms. The molecule has 1 N–H and O–H groups in total. The van der Waals surface area contributed by atoms with Gasteiger partial charge < -0.3 is 10.1 Å². The average Bonchev–Trinajstić information content (AvgIpc) is 2.33. The van der Waals surface area contributed by atoms with Gasteiger partial charge in [0.2, 0.25) is 0 Å². The molecule has 18 heavy (non-hydrogen) atoms. The van der Waals surface area contributed by atoms with Gasteiger partial charge in [-0.1, -0.05) is 45.0 Å². The molecule has 0 aromatic heterocycles. The molecule has 1 aromatic rings. The summed E-state index contributed by atoms with van der Waals surface area (Å²) in [5.74, 6) is -0.175. The standard InChI is InChI=1S/C15H23NO2/c1-15(2,3)13-7-5-12(6-8-13)11-16-10-9-14(17)18-4/h5-8,16H,9-11H2,1-4H3. The minimum Gasteiger partial charge on any atom is -0.469 e. The zero-order valence-corrected chi connectivity index (χ0v) is 11.7. The van der Waals surface area contributed by atoms with Gasteiger partial charge in [0.15, 0.2) is 0 Å². The highest BCUT2D eigenvalue weighted by molar-refractivity contribution is 5.69. The largest absolute Gasteiger partial charge is 0.469 e. The van der Waals surface area contributed by atoms with Crippen LogP contribution in [-0.2, 0) is 21.5 Å². The Morgan fingerprint density at radius 2 is 1.83 bits per heavy atom. The number of hydrogen-bond donors (Lipinski definition) is 1. The zero-order valence-electron chi connectivity index (χ0n) is 11.7. The number of carbonyl (C=O) groups excluding carboxylic acids is 1. The second-order valence-electron chi connectivity index (χ2n) is 5.45. The van der Waals surface area contributed by atoms with E-state index in [0.717, 1.165) is 6.54 Å². The van der Waals surface area contributed by atoms with Crippen LogP contribution in [0.15, 0.2) is 24.3 Å². The van der Waals surface area contributed by atoms with Gasteiger partial charge in [-0.3, -0.25) is 4.79 Å². The number of ether oxygens (including phenoxy) is 1. The Balaban J connectivity index is 2.38. The van der Waals surface area contributed by atoms with Gasteiger partial charge in [0, 0.05) is 13.1 Å². The summed E-state index contributed by atoms with van der Waals surface area (Å²) in [6, 6.07) is 8.59. The highest BCUT2D eigenvalue weighted by Gasteiger charge is 2.12. The van der Waals surface area contributed by atoms with Crippen molar-refractivity contribution in [3.8, 4) is 0 Å². The molecule has 0 aliphatic carbocycles. The van der Waals surface area contributed by atoms with Gasteiger partial charge in [-0.2, -0.15) is 0 Å². The fourth-order valence-corrected chi connectivity index (χ4v) is 1.65. The number of esters is 1. The Bertz CT molecular complexity index is 376. The van der Waals surface area contributed by atoms with E-state index in [4.69, 9.17) is 0 Å². The molecule has 0 unspecified atom stereocenters. The lowest BCUT2D eigenvalue weighted by atomic mass is 9.87. The topological polar surface area (TPSA) is 38.3 Å². The van der Waals surface area contributed by atoms with Crippen LogP contribution in [0.1, 0.15) is 38.3 Å². The van der Waals surface area contributed by atoms with E-state index in [1.807, 2.05) is 0 Å². The molecule has 0 fully saturated rings. The number of carbonyl (C=O) groups is 1. The third-order valence-electron chi connectivity index (χ3n) is 2.88. The summed E-state index contributed by atoms with van der Waals surface area (Å²) in [7, 11) is 1.41. The molecule has 0 bridgehead atoms. The van der Waals surface area contributed by atoms with E-state index in [9.17, 15) is 4.79 Å². The lowest BCUT2D eigenvalue weighted by molar-refractivity contribution is -0.140. The van der Waals surface area contributed by atoms with Crippen molar-refractivity contribution in [1.82, 2.24) is 5.32 Å². The van der Waals surface area contributed by atoms with Crippen LogP contribution in [0.2, 0.25) is 0 Å². The molecule has 0 aliphatic heterocycles. The molecular weight excluding hydrogens is 226 g/mol. The summed E-state index contributed by atoms with van der Waals surface area (Å²) in [6.07, 6.45) is 0.413. The van der Waals surface area contributed by atoms with Gasteiger partial charge in [-0.15, -0.1) is 0 Å². The molecule has 0 aliphatic rings. The van der Waals surface area contributed by atoms with Gasteiger partial charge in [-0.05, 0) is 16.5 Å². The van der Waals surface area contributed by atoms with Gasteiger partial charge in [0.25, 0.3) is 0 Å². The van der Waals surface area contributed by atoms with Crippen molar-refractivity contribution >= 4 is 5.97 Å². The van der Waals surface area contributed by atoms with E-state index in [2.05, 4.69) is 55.1 Å². The SMILES string of the molecule is COC(=O)CCNCc1ccc(C(C)(C)C)cc1. The van der Waals surface area contributed by atoms with E-state index in [1.165, 1.54) is 18.2 Å². The van der Waals surface area contributed by atoms with E-state index in [-0.39, 0.29) is 11.4 Å². The van der Waals surface area contributed by atoms with Gasteiger partial charge in [0.05, 0.1) is 13.5 Å². The first-order valence-corrected chi connectivity index (χ1v) is 6.30. The Morgan fingerprint density at radius 1 is 1.22 bits per heavy atom. The first-order chi connectivity index (χ1) is 8.43. The Kier molecular flexibility index (Phi) is 5.35. The quantitative estimate of drug-likeness (QED) is 0.644. The molecule has 0 spiro atoms. The van der Waals surface area contributed by atoms with Crippen molar-refractivity contribution < 1.29 is 9.53 Å². The van der Waals surface area contributed by atoms with Crippen LogP contribution in [0, 0.1) is 0 Å². The van der Waals surface area contributed by atoms with Crippen LogP contribution in [0.5, 0.6) is 0 Å². The van der Waals surface area contributed by atoms with E-state index in [1.54, 1.807) is 0 Å². The highest BCUT2D eigenvalue weighted by Crippen LogP contribution is 2.22. The number of rotatable bonds is 5. The number of hydrogen-bond acceptors (Lipinski definition) is 3. The molecule has 0 radical (unpaired) electrons. The molecular formula is C15H23NO2. The van der Waals surface area contributed by atoms with Crippen LogP contribution in [0.3, 0.4) is 0 Å². The molecule has 0 heterocycles. The minimum atomic E-state index is -0.175. The number of nitrogens with one attached hydrogen (secondary N) is 1. The highest BCUT2D eigenvalue weighted by atomic mass is 16.5. The number of methoxy groups -OCH3 is 1. The van der Waals surface area contributed by atoms with Gasteiger partial charge in [-0.25, -0.2) is 0 Å². The van der Waals surface area contributed by atoms with E-state index < -0.39 is 0 Å². The predicted octanol–water partition coefficient (Wildman–Crippen LogP) is 2.64. The third-order valence-corrected chi connectivity index (χ3v) is 2.88. The van der Waals surface area contributed by atoms with Crippen molar-refractivity contribution in [2.24, 2.45) is 0 Å². The zero-order chi connectivity index (χ0) is 13.6. The van der Waals surface area contributed by atoms with Crippen molar-refractivity contribution in [1.29, 1.82) is 0 Å². The Morgan fingerprint density at radius 3 is 2.33 bits per heavy atom.